The number of halogens is 1. The molecule has 1 aromatic rings. The topological polar surface area (TPSA) is 70.5 Å². The Labute approximate surface area is 112 Å². The molecule has 1 fully saturated rings. The number of rotatable bonds is 6. The first-order valence-electron chi connectivity index (χ1n) is 6.29. The van der Waals surface area contributed by atoms with E-state index in [1.54, 1.807) is 0 Å². The van der Waals surface area contributed by atoms with E-state index in [0.717, 1.165) is 37.7 Å². The summed E-state index contributed by atoms with van der Waals surface area (Å²) in [6, 6.07) is 0.937. The van der Waals surface area contributed by atoms with E-state index >= 15 is 0 Å². The van der Waals surface area contributed by atoms with Crippen LogP contribution in [0, 0.1) is 5.82 Å². The standard InChI is InChI=1S/C12H17FN2O3S/c13-10-7-12(9-14-8-10)19(17,18)15(5-2-6-16)11-3-1-4-11/h7-9,11,16H,1-6H2. The number of aliphatic hydroxyl groups is 1. The minimum Gasteiger partial charge on any atom is -0.396 e. The Morgan fingerprint density at radius 3 is 2.68 bits per heavy atom. The van der Waals surface area contributed by atoms with Crippen molar-refractivity contribution in [3.63, 3.8) is 0 Å². The van der Waals surface area contributed by atoms with E-state index in [-0.39, 0.29) is 24.1 Å². The molecule has 0 spiro atoms. The zero-order valence-corrected chi connectivity index (χ0v) is 11.3. The maximum Gasteiger partial charge on any atom is 0.244 e. The van der Waals surface area contributed by atoms with Crippen molar-refractivity contribution in [1.82, 2.24) is 9.29 Å². The predicted octanol–water partition coefficient (Wildman–Crippen LogP) is 1.15. The molecule has 1 heterocycles. The molecule has 0 atom stereocenters. The summed E-state index contributed by atoms with van der Waals surface area (Å²) in [5.74, 6) is -0.670. The highest BCUT2D eigenvalue weighted by molar-refractivity contribution is 7.89. The molecule has 106 valence electrons. The first kappa shape index (κ1) is 14.4. The second-order valence-corrected chi connectivity index (χ2v) is 6.51. The maximum atomic E-state index is 13.1. The van der Waals surface area contributed by atoms with Crippen LogP contribution in [0.1, 0.15) is 25.7 Å². The zero-order valence-electron chi connectivity index (χ0n) is 10.5. The van der Waals surface area contributed by atoms with Crippen molar-refractivity contribution < 1.29 is 17.9 Å². The number of pyridine rings is 1. The van der Waals surface area contributed by atoms with Crippen LogP contribution in [0.15, 0.2) is 23.4 Å². The molecule has 0 amide bonds. The third kappa shape index (κ3) is 3.10. The van der Waals surface area contributed by atoms with Crippen molar-refractivity contribution in [3.8, 4) is 0 Å². The van der Waals surface area contributed by atoms with Crippen molar-refractivity contribution in [1.29, 1.82) is 0 Å². The van der Waals surface area contributed by atoms with Gasteiger partial charge in [-0.1, -0.05) is 6.42 Å². The van der Waals surface area contributed by atoms with Crippen LogP contribution in [-0.4, -0.2) is 42.0 Å². The molecule has 1 aliphatic rings. The maximum absolute atomic E-state index is 13.1. The van der Waals surface area contributed by atoms with Crippen molar-refractivity contribution in [2.45, 2.75) is 36.6 Å². The van der Waals surface area contributed by atoms with Crippen LogP contribution >= 0.6 is 0 Å². The minimum atomic E-state index is -3.74. The lowest BCUT2D eigenvalue weighted by Crippen LogP contribution is -2.44. The molecule has 0 bridgehead atoms. The molecule has 1 aromatic heterocycles. The molecule has 0 radical (unpaired) electrons. The van der Waals surface area contributed by atoms with Crippen LogP contribution in [0.3, 0.4) is 0 Å². The van der Waals surface area contributed by atoms with Gasteiger partial charge in [-0.15, -0.1) is 0 Å². The summed E-state index contributed by atoms with van der Waals surface area (Å²) >= 11 is 0. The highest BCUT2D eigenvalue weighted by Crippen LogP contribution is 2.30. The van der Waals surface area contributed by atoms with Gasteiger partial charge in [0.1, 0.15) is 10.7 Å². The lowest BCUT2D eigenvalue weighted by molar-refractivity contribution is 0.198. The van der Waals surface area contributed by atoms with E-state index in [9.17, 15) is 12.8 Å². The number of aliphatic hydroxyl groups excluding tert-OH is 1. The van der Waals surface area contributed by atoms with Gasteiger partial charge in [0.25, 0.3) is 0 Å². The molecule has 0 unspecified atom stereocenters. The van der Waals surface area contributed by atoms with Crippen molar-refractivity contribution in [2.75, 3.05) is 13.2 Å². The molecular weight excluding hydrogens is 271 g/mol. The van der Waals surface area contributed by atoms with Crippen LogP contribution in [-0.2, 0) is 10.0 Å². The lowest BCUT2D eigenvalue weighted by atomic mass is 9.93. The first-order valence-corrected chi connectivity index (χ1v) is 7.73. The van der Waals surface area contributed by atoms with E-state index in [1.165, 1.54) is 4.31 Å². The molecule has 1 aliphatic carbocycles. The van der Waals surface area contributed by atoms with Crippen LogP contribution in [0.25, 0.3) is 0 Å². The summed E-state index contributed by atoms with van der Waals surface area (Å²) in [4.78, 5) is 3.46. The van der Waals surface area contributed by atoms with Gasteiger partial charge < -0.3 is 5.11 Å². The molecule has 0 aliphatic heterocycles. The Morgan fingerprint density at radius 1 is 1.42 bits per heavy atom. The number of hydrogen-bond donors (Lipinski definition) is 1. The lowest BCUT2D eigenvalue weighted by Gasteiger charge is -2.36. The highest BCUT2D eigenvalue weighted by atomic mass is 32.2. The highest BCUT2D eigenvalue weighted by Gasteiger charge is 2.34. The van der Waals surface area contributed by atoms with Gasteiger partial charge in [-0.05, 0) is 25.3 Å². The molecular formula is C12H17FN2O3S. The second-order valence-electron chi connectivity index (χ2n) is 4.62. The average molecular weight is 288 g/mol. The summed E-state index contributed by atoms with van der Waals surface area (Å²) in [7, 11) is -3.74. The number of hydrogen-bond acceptors (Lipinski definition) is 4. The van der Waals surface area contributed by atoms with Crippen molar-refractivity contribution >= 4 is 10.0 Å². The number of nitrogens with zero attached hydrogens (tertiary/aromatic N) is 2. The fourth-order valence-electron chi connectivity index (χ4n) is 2.07. The summed E-state index contributed by atoms with van der Waals surface area (Å²) in [6.45, 7) is 0.181. The molecule has 5 nitrogen and oxygen atoms in total. The van der Waals surface area contributed by atoms with Crippen LogP contribution < -0.4 is 0 Å². The largest absolute Gasteiger partial charge is 0.396 e. The molecule has 7 heteroatoms. The van der Waals surface area contributed by atoms with Gasteiger partial charge in [-0.3, -0.25) is 4.98 Å². The average Bonchev–Trinajstić information content (AvgIpc) is 2.31. The molecule has 2 rings (SSSR count). The predicted molar refractivity (Wildman–Crippen MR) is 67.4 cm³/mol. The molecule has 19 heavy (non-hydrogen) atoms. The van der Waals surface area contributed by atoms with Gasteiger partial charge in [0, 0.05) is 25.4 Å². The Balaban J connectivity index is 2.27. The van der Waals surface area contributed by atoms with Gasteiger partial charge >= 0.3 is 0 Å². The van der Waals surface area contributed by atoms with E-state index in [0.29, 0.717) is 6.42 Å². The summed E-state index contributed by atoms with van der Waals surface area (Å²) in [6.07, 6.45) is 5.12. The quantitative estimate of drug-likeness (QED) is 0.852. The fourth-order valence-corrected chi connectivity index (χ4v) is 3.77. The van der Waals surface area contributed by atoms with Crippen LogP contribution in [0.2, 0.25) is 0 Å². The second kappa shape index (κ2) is 5.94. The van der Waals surface area contributed by atoms with Crippen LogP contribution in [0.4, 0.5) is 4.39 Å². The van der Waals surface area contributed by atoms with Crippen LogP contribution in [0.5, 0.6) is 0 Å². The van der Waals surface area contributed by atoms with Gasteiger partial charge in [0.2, 0.25) is 10.0 Å². The molecule has 0 aromatic carbocycles. The van der Waals surface area contributed by atoms with Gasteiger partial charge in [-0.25, -0.2) is 12.8 Å². The van der Waals surface area contributed by atoms with E-state index in [2.05, 4.69) is 4.98 Å². The number of aromatic nitrogens is 1. The first-order chi connectivity index (χ1) is 9.05. The summed E-state index contributed by atoms with van der Waals surface area (Å²) < 4.78 is 39.4. The van der Waals surface area contributed by atoms with Crippen molar-refractivity contribution in [3.05, 3.63) is 24.3 Å². The minimum absolute atomic E-state index is 0.0418. The van der Waals surface area contributed by atoms with E-state index in [1.807, 2.05) is 0 Å². The monoisotopic (exact) mass is 288 g/mol. The SMILES string of the molecule is O=S(=O)(c1cncc(F)c1)N(CCCO)C1CCC1. The fraction of sp³-hybridized carbons (Fsp3) is 0.583. The molecule has 0 saturated heterocycles. The van der Waals surface area contributed by atoms with Gasteiger partial charge in [0.15, 0.2) is 0 Å². The smallest absolute Gasteiger partial charge is 0.244 e. The van der Waals surface area contributed by atoms with Gasteiger partial charge in [0.05, 0.1) is 6.20 Å². The third-order valence-corrected chi connectivity index (χ3v) is 5.22. The Kier molecular flexibility index (Phi) is 4.49. The molecule has 1 N–H and O–H groups in total. The summed E-state index contributed by atoms with van der Waals surface area (Å²) in [5, 5.41) is 8.87. The Morgan fingerprint density at radius 2 is 2.16 bits per heavy atom. The molecule has 1 saturated carbocycles. The van der Waals surface area contributed by atoms with Gasteiger partial charge in [-0.2, -0.15) is 4.31 Å². The van der Waals surface area contributed by atoms with E-state index < -0.39 is 15.8 Å². The number of sulfonamides is 1. The van der Waals surface area contributed by atoms with Crippen molar-refractivity contribution in [2.24, 2.45) is 0 Å². The Bertz CT molecular complexity index is 532. The summed E-state index contributed by atoms with van der Waals surface area (Å²) in [5.41, 5.74) is 0. The third-order valence-electron chi connectivity index (χ3n) is 3.30. The van der Waals surface area contributed by atoms with E-state index in [4.69, 9.17) is 5.11 Å². The Hall–Kier alpha value is -1.05. The zero-order chi connectivity index (χ0) is 13.9. The normalized spacial score (nSPS) is 16.6.